The van der Waals surface area contributed by atoms with Gasteiger partial charge in [0.15, 0.2) is 0 Å². The van der Waals surface area contributed by atoms with Crippen LogP contribution in [0.3, 0.4) is 0 Å². The first kappa shape index (κ1) is 13.0. The molecule has 1 fully saturated rings. The fourth-order valence-corrected chi connectivity index (χ4v) is 2.30. The van der Waals surface area contributed by atoms with Crippen molar-refractivity contribution in [3.63, 3.8) is 0 Å². The Hall–Kier alpha value is -1.43. The summed E-state index contributed by atoms with van der Waals surface area (Å²) in [6.07, 6.45) is 5.96. The minimum absolute atomic E-state index is 0.0842. The van der Waals surface area contributed by atoms with Crippen molar-refractivity contribution in [3.05, 3.63) is 12.7 Å². The summed E-state index contributed by atoms with van der Waals surface area (Å²) in [6, 6.07) is 0.0842. The van der Waals surface area contributed by atoms with Crippen LogP contribution in [0.15, 0.2) is 12.7 Å². The number of amides is 1. The molecular weight excluding hydrogens is 230 g/mol. The molecule has 2 heterocycles. The summed E-state index contributed by atoms with van der Waals surface area (Å²) in [4.78, 5) is 15.6. The van der Waals surface area contributed by atoms with E-state index < -0.39 is 0 Å². The predicted molar refractivity (Wildman–Crippen MR) is 67.8 cm³/mol. The largest absolute Gasteiger partial charge is 0.352 e. The Morgan fingerprint density at radius 2 is 2.56 bits per heavy atom. The van der Waals surface area contributed by atoms with Gasteiger partial charge in [-0.15, -0.1) is 0 Å². The van der Waals surface area contributed by atoms with E-state index >= 15 is 0 Å². The van der Waals surface area contributed by atoms with Gasteiger partial charge in [0.05, 0.1) is 6.54 Å². The highest BCUT2D eigenvalue weighted by Crippen LogP contribution is 2.13. The number of nitrogens with zero attached hydrogens (tertiary/aromatic N) is 3. The van der Waals surface area contributed by atoms with Crippen LogP contribution in [0.1, 0.15) is 26.2 Å². The first-order valence-electron chi connectivity index (χ1n) is 6.56. The van der Waals surface area contributed by atoms with Gasteiger partial charge in [0.2, 0.25) is 5.91 Å². The summed E-state index contributed by atoms with van der Waals surface area (Å²) in [6.45, 7) is 4.80. The molecule has 18 heavy (non-hydrogen) atoms. The van der Waals surface area contributed by atoms with Gasteiger partial charge in [0.25, 0.3) is 0 Å². The number of carbonyl (C=O) groups excluding carboxylic acids is 1. The lowest BCUT2D eigenvalue weighted by Crippen LogP contribution is -2.35. The van der Waals surface area contributed by atoms with Crippen molar-refractivity contribution >= 4 is 5.91 Å². The summed E-state index contributed by atoms with van der Waals surface area (Å²) in [5.41, 5.74) is 0. The maximum absolute atomic E-state index is 11.8. The number of aromatic nitrogens is 3. The zero-order chi connectivity index (χ0) is 12.8. The SMILES string of the molecule is CC(Cn1cncn1)NC(=O)CCC1CCNC1. The molecule has 0 spiro atoms. The molecule has 2 atom stereocenters. The summed E-state index contributed by atoms with van der Waals surface area (Å²) in [7, 11) is 0. The van der Waals surface area contributed by atoms with Crippen LogP contribution in [-0.4, -0.2) is 39.8 Å². The van der Waals surface area contributed by atoms with Crippen molar-refractivity contribution in [3.8, 4) is 0 Å². The van der Waals surface area contributed by atoms with E-state index in [0.29, 0.717) is 18.9 Å². The molecule has 1 aromatic rings. The molecule has 1 amide bonds. The summed E-state index contributed by atoms with van der Waals surface area (Å²) < 4.78 is 1.73. The van der Waals surface area contributed by atoms with Gasteiger partial charge < -0.3 is 10.6 Å². The molecule has 0 aliphatic carbocycles. The monoisotopic (exact) mass is 251 g/mol. The first-order chi connectivity index (χ1) is 8.74. The molecule has 0 saturated carbocycles. The standard InChI is InChI=1S/C12H21N5O/c1-10(7-17-9-14-8-15-17)16-12(18)3-2-11-4-5-13-6-11/h8-11,13H,2-7H2,1H3,(H,16,18). The third kappa shape index (κ3) is 4.10. The van der Waals surface area contributed by atoms with Gasteiger partial charge in [-0.25, -0.2) is 4.98 Å². The number of hydrogen-bond acceptors (Lipinski definition) is 4. The van der Waals surface area contributed by atoms with E-state index in [9.17, 15) is 4.79 Å². The Labute approximate surface area is 107 Å². The minimum Gasteiger partial charge on any atom is -0.352 e. The van der Waals surface area contributed by atoms with Crippen molar-refractivity contribution in [2.45, 2.75) is 38.8 Å². The van der Waals surface area contributed by atoms with E-state index in [4.69, 9.17) is 0 Å². The van der Waals surface area contributed by atoms with E-state index in [2.05, 4.69) is 20.7 Å². The molecule has 0 bridgehead atoms. The molecule has 6 nitrogen and oxygen atoms in total. The van der Waals surface area contributed by atoms with Gasteiger partial charge in [0, 0.05) is 12.5 Å². The maximum atomic E-state index is 11.8. The topological polar surface area (TPSA) is 71.8 Å². The second kappa shape index (κ2) is 6.49. The molecule has 100 valence electrons. The van der Waals surface area contributed by atoms with Crippen LogP contribution in [0.4, 0.5) is 0 Å². The Morgan fingerprint density at radius 1 is 1.67 bits per heavy atom. The fourth-order valence-electron chi connectivity index (χ4n) is 2.30. The molecule has 6 heteroatoms. The molecule has 0 aromatic carbocycles. The average molecular weight is 251 g/mol. The Morgan fingerprint density at radius 3 is 3.22 bits per heavy atom. The molecule has 1 aliphatic rings. The van der Waals surface area contributed by atoms with Gasteiger partial charge in [-0.1, -0.05) is 0 Å². The zero-order valence-electron chi connectivity index (χ0n) is 10.8. The molecule has 1 aromatic heterocycles. The quantitative estimate of drug-likeness (QED) is 0.756. The van der Waals surface area contributed by atoms with E-state index in [0.717, 1.165) is 19.5 Å². The van der Waals surface area contributed by atoms with Crippen LogP contribution in [0.2, 0.25) is 0 Å². The molecular formula is C12H21N5O. The van der Waals surface area contributed by atoms with E-state index in [1.54, 1.807) is 11.0 Å². The van der Waals surface area contributed by atoms with Crippen LogP contribution in [0.25, 0.3) is 0 Å². The van der Waals surface area contributed by atoms with Crippen LogP contribution in [0.5, 0.6) is 0 Å². The minimum atomic E-state index is 0.0842. The Bertz CT molecular complexity index is 359. The Kier molecular flexibility index (Phi) is 4.69. The van der Waals surface area contributed by atoms with Crippen molar-refractivity contribution in [2.24, 2.45) is 5.92 Å². The summed E-state index contributed by atoms with van der Waals surface area (Å²) in [5.74, 6) is 0.802. The second-order valence-electron chi connectivity index (χ2n) is 4.98. The van der Waals surface area contributed by atoms with Crippen molar-refractivity contribution in [2.75, 3.05) is 13.1 Å². The average Bonchev–Trinajstić information content (AvgIpc) is 2.98. The third-order valence-corrected chi connectivity index (χ3v) is 3.28. The normalized spacial score (nSPS) is 20.8. The number of hydrogen-bond donors (Lipinski definition) is 2. The Balaban J connectivity index is 1.63. The van der Waals surface area contributed by atoms with Crippen LogP contribution in [0, 0.1) is 5.92 Å². The van der Waals surface area contributed by atoms with Crippen molar-refractivity contribution < 1.29 is 4.79 Å². The van der Waals surface area contributed by atoms with E-state index in [-0.39, 0.29) is 11.9 Å². The van der Waals surface area contributed by atoms with Crippen molar-refractivity contribution in [1.29, 1.82) is 0 Å². The fraction of sp³-hybridized carbons (Fsp3) is 0.750. The number of nitrogens with one attached hydrogen (secondary N) is 2. The van der Waals surface area contributed by atoms with Gasteiger partial charge >= 0.3 is 0 Å². The third-order valence-electron chi connectivity index (χ3n) is 3.28. The van der Waals surface area contributed by atoms with Crippen LogP contribution < -0.4 is 10.6 Å². The number of carbonyl (C=O) groups is 1. The highest BCUT2D eigenvalue weighted by Gasteiger charge is 2.16. The maximum Gasteiger partial charge on any atom is 0.220 e. The lowest BCUT2D eigenvalue weighted by Gasteiger charge is -2.14. The highest BCUT2D eigenvalue weighted by atomic mass is 16.1. The van der Waals surface area contributed by atoms with E-state index in [1.165, 1.54) is 12.7 Å². The van der Waals surface area contributed by atoms with E-state index in [1.807, 2.05) is 6.92 Å². The lowest BCUT2D eigenvalue weighted by atomic mass is 10.0. The van der Waals surface area contributed by atoms with Gasteiger partial charge in [-0.2, -0.15) is 5.10 Å². The predicted octanol–water partition coefficient (Wildman–Crippen LogP) is 0.173. The smallest absolute Gasteiger partial charge is 0.220 e. The number of rotatable bonds is 6. The van der Waals surface area contributed by atoms with Gasteiger partial charge in [-0.05, 0) is 38.8 Å². The highest BCUT2D eigenvalue weighted by molar-refractivity contribution is 5.76. The molecule has 2 N–H and O–H groups in total. The summed E-state index contributed by atoms with van der Waals surface area (Å²) in [5, 5.41) is 10.3. The molecule has 2 unspecified atom stereocenters. The first-order valence-corrected chi connectivity index (χ1v) is 6.56. The molecule has 1 aliphatic heterocycles. The summed E-state index contributed by atoms with van der Waals surface area (Å²) >= 11 is 0. The second-order valence-corrected chi connectivity index (χ2v) is 4.98. The van der Waals surface area contributed by atoms with Crippen molar-refractivity contribution in [1.82, 2.24) is 25.4 Å². The zero-order valence-corrected chi connectivity index (χ0v) is 10.8. The van der Waals surface area contributed by atoms with Gasteiger partial charge in [-0.3, -0.25) is 9.48 Å². The van der Waals surface area contributed by atoms with Crippen LogP contribution in [-0.2, 0) is 11.3 Å². The van der Waals surface area contributed by atoms with Gasteiger partial charge in [0.1, 0.15) is 12.7 Å². The molecule has 2 rings (SSSR count). The molecule has 1 saturated heterocycles. The lowest BCUT2D eigenvalue weighted by molar-refractivity contribution is -0.122. The molecule has 0 radical (unpaired) electrons. The van der Waals surface area contributed by atoms with Crippen LogP contribution >= 0.6 is 0 Å².